The van der Waals surface area contributed by atoms with Gasteiger partial charge in [0.25, 0.3) is 0 Å². The van der Waals surface area contributed by atoms with E-state index in [1.807, 2.05) is 0 Å². The van der Waals surface area contributed by atoms with E-state index in [2.05, 4.69) is 23.3 Å². The lowest BCUT2D eigenvalue weighted by Gasteiger charge is -2.00. The fourth-order valence-corrected chi connectivity index (χ4v) is 1.65. The Morgan fingerprint density at radius 1 is 1.00 bits per heavy atom. The maximum Gasteiger partial charge on any atom is 0.397 e. The van der Waals surface area contributed by atoms with E-state index in [9.17, 15) is 8.42 Å². The van der Waals surface area contributed by atoms with Crippen molar-refractivity contribution >= 4 is 10.4 Å². The van der Waals surface area contributed by atoms with Crippen LogP contribution in [0.5, 0.6) is 0 Å². The van der Waals surface area contributed by atoms with Gasteiger partial charge in [-0.15, -0.1) is 0 Å². The fraction of sp³-hybridized carbons (Fsp3) is 1.00. The average molecular weight is 283 g/mol. The van der Waals surface area contributed by atoms with Crippen molar-refractivity contribution in [1.82, 2.24) is 5.32 Å². The summed E-state index contributed by atoms with van der Waals surface area (Å²) in [5, 5.41) is 3.34. The van der Waals surface area contributed by atoms with Gasteiger partial charge in [0.2, 0.25) is 0 Å². The van der Waals surface area contributed by atoms with Crippen LogP contribution in [0.1, 0.15) is 59.3 Å². The van der Waals surface area contributed by atoms with E-state index in [1.54, 1.807) is 0 Å². The molecule has 0 rings (SSSR count). The molecule has 0 aromatic carbocycles. The van der Waals surface area contributed by atoms with E-state index < -0.39 is 10.4 Å². The number of hydrogen-bond acceptors (Lipinski definition) is 4. The molecular weight excluding hydrogens is 254 g/mol. The highest BCUT2D eigenvalue weighted by Crippen LogP contribution is 2.03. The second kappa shape index (κ2) is 14.9. The fourth-order valence-electron chi connectivity index (χ4n) is 1.36. The molecule has 0 unspecified atom stereocenters. The Balaban J connectivity index is 0. The van der Waals surface area contributed by atoms with Gasteiger partial charge < -0.3 is 5.32 Å². The monoisotopic (exact) mass is 283 g/mol. The second-order valence-corrected chi connectivity index (χ2v) is 5.05. The molecule has 0 saturated carbocycles. The minimum absolute atomic E-state index is 0.0289. The molecule has 0 aromatic heterocycles. The van der Waals surface area contributed by atoms with Crippen LogP contribution < -0.4 is 5.32 Å². The van der Waals surface area contributed by atoms with Gasteiger partial charge in [0.05, 0.1) is 6.61 Å². The standard InChI is InChI=1S/C10H23N.C2H6O4S/c1-3-5-6-7-8-9-10-11-4-2;1-2-6-7(3,4)5/h11H,3-10H2,1-2H3;2H2,1H3,(H,3,4,5). The Hall–Kier alpha value is -0.170. The van der Waals surface area contributed by atoms with Gasteiger partial charge in [0, 0.05) is 0 Å². The first kappa shape index (κ1) is 20.2. The zero-order chi connectivity index (χ0) is 14.3. The molecule has 5 nitrogen and oxygen atoms in total. The van der Waals surface area contributed by atoms with Crippen molar-refractivity contribution in [2.24, 2.45) is 0 Å². The Labute approximate surface area is 112 Å². The Morgan fingerprint density at radius 3 is 1.94 bits per heavy atom. The van der Waals surface area contributed by atoms with E-state index in [0.29, 0.717) is 0 Å². The molecule has 0 saturated heterocycles. The highest BCUT2D eigenvalue weighted by molar-refractivity contribution is 7.80. The minimum atomic E-state index is -4.17. The lowest BCUT2D eigenvalue weighted by molar-refractivity contribution is 0.283. The molecule has 0 bridgehead atoms. The molecule has 0 aliphatic heterocycles. The van der Waals surface area contributed by atoms with Gasteiger partial charge in [-0.2, -0.15) is 8.42 Å². The molecule has 0 aliphatic rings. The smallest absolute Gasteiger partial charge is 0.317 e. The number of unbranched alkanes of at least 4 members (excludes halogenated alkanes) is 5. The van der Waals surface area contributed by atoms with Crippen LogP contribution >= 0.6 is 0 Å². The number of rotatable bonds is 10. The topological polar surface area (TPSA) is 75.6 Å². The van der Waals surface area contributed by atoms with Crippen LogP contribution in [0.2, 0.25) is 0 Å². The average Bonchev–Trinajstić information content (AvgIpc) is 2.27. The van der Waals surface area contributed by atoms with Crippen molar-refractivity contribution in [3.8, 4) is 0 Å². The molecule has 0 aromatic rings. The molecule has 2 N–H and O–H groups in total. The molecule has 0 radical (unpaired) electrons. The van der Waals surface area contributed by atoms with E-state index in [0.717, 1.165) is 6.54 Å². The quantitative estimate of drug-likeness (QED) is 0.476. The van der Waals surface area contributed by atoms with Crippen LogP contribution in [-0.2, 0) is 14.6 Å². The molecule has 112 valence electrons. The molecule has 6 heteroatoms. The highest BCUT2D eigenvalue weighted by Gasteiger charge is 1.98. The molecule has 0 fully saturated rings. The molecule has 0 amide bonds. The summed E-state index contributed by atoms with van der Waals surface area (Å²) in [4.78, 5) is 0. The molecule has 0 spiro atoms. The van der Waals surface area contributed by atoms with Gasteiger partial charge in [-0.1, -0.05) is 46.0 Å². The summed E-state index contributed by atoms with van der Waals surface area (Å²) in [6.07, 6.45) is 8.40. The summed E-state index contributed by atoms with van der Waals surface area (Å²) < 4.78 is 30.7. The van der Waals surface area contributed by atoms with Crippen molar-refractivity contribution in [3.05, 3.63) is 0 Å². The van der Waals surface area contributed by atoms with E-state index in [4.69, 9.17) is 4.55 Å². The van der Waals surface area contributed by atoms with Crippen molar-refractivity contribution in [2.45, 2.75) is 59.3 Å². The summed E-state index contributed by atoms with van der Waals surface area (Å²) in [5.41, 5.74) is 0. The Kier molecular flexibility index (Phi) is 16.7. The predicted molar refractivity (Wildman–Crippen MR) is 75.1 cm³/mol. The molecule has 18 heavy (non-hydrogen) atoms. The summed E-state index contributed by atoms with van der Waals surface area (Å²) in [7, 11) is -4.17. The third-order valence-electron chi connectivity index (χ3n) is 2.22. The second-order valence-electron chi connectivity index (χ2n) is 3.96. The van der Waals surface area contributed by atoms with Crippen molar-refractivity contribution in [1.29, 1.82) is 0 Å². The van der Waals surface area contributed by atoms with Gasteiger partial charge in [-0.3, -0.25) is 4.55 Å². The van der Waals surface area contributed by atoms with Crippen LogP contribution in [0.3, 0.4) is 0 Å². The third kappa shape index (κ3) is 24.9. The van der Waals surface area contributed by atoms with Crippen molar-refractivity contribution in [3.63, 3.8) is 0 Å². The summed E-state index contributed by atoms with van der Waals surface area (Å²) in [6, 6.07) is 0. The van der Waals surface area contributed by atoms with Crippen molar-refractivity contribution in [2.75, 3.05) is 19.7 Å². The molecule has 0 aliphatic carbocycles. The largest absolute Gasteiger partial charge is 0.397 e. The Morgan fingerprint density at radius 2 is 1.56 bits per heavy atom. The maximum absolute atomic E-state index is 9.56. The van der Waals surface area contributed by atoms with Gasteiger partial charge in [0.15, 0.2) is 0 Å². The van der Waals surface area contributed by atoms with Gasteiger partial charge in [0.1, 0.15) is 0 Å². The van der Waals surface area contributed by atoms with Crippen LogP contribution in [0.4, 0.5) is 0 Å². The van der Waals surface area contributed by atoms with Crippen LogP contribution in [0.15, 0.2) is 0 Å². The first-order valence-corrected chi connectivity index (χ1v) is 8.16. The predicted octanol–water partition coefficient (Wildman–Crippen LogP) is 2.78. The molecular formula is C12H29NO4S. The third-order valence-corrected chi connectivity index (χ3v) is 2.76. The van der Waals surface area contributed by atoms with Crippen LogP contribution in [-0.4, -0.2) is 32.7 Å². The lowest BCUT2D eigenvalue weighted by Crippen LogP contribution is -2.13. The van der Waals surface area contributed by atoms with Crippen molar-refractivity contribution < 1.29 is 17.2 Å². The zero-order valence-corrected chi connectivity index (χ0v) is 12.8. The maximum atomic E-state index is 9.56. The van der Waals surface area contributed by atoms with Gasteiger partial charge in [-0.05, 0) is 26.4 Å². The van der Waals surface area contributed by atoms with Crippen LogP contribution in [0, 0.1) is 0 Å². The van der Waals surface area contributed by atoms with Gasteiger partial charge in [-0.25, -0.2) is 4.18 Å². The summed E-state index contributed by atoms with van der Waals surface area (Å²) in [6.45, 7) is 8.19. The first-order valence-electron chi connectivity index (χ1n) is 6.80. The number of nitrogens with one attached hydrogen (secondary N) is 1. The number of hydrogen-bond donors (Lipinski definition) is 2. The highest BCUT2D eigenvalue weighted by atomic mass is 32.3. The summed E-state index contributed by atoms with van der Waals surface area (Å²) in [5.74, 6) is 0. The van der Waals surface area contributed by atoms with Gasteiger partial charge >= 0.3 is 10.4 Å². The van der Waals surface area contributed by atoms with E-state index in [1.165, 1.54) is 52.0 Å². The van der Waals surface area contributed by atoms with E-state index >= 15 is 0 Å². The van der Waals surface area contributed by atoms with Crippen LogP contribution in [0.25, 0.3) is 0 Å². The zero-order valence-electron chi connectivity index (χ0n) is 11.9. The first-order chi connectivity index (χ1) is 8.47. The minimum Gasteiger partial charge on any atom is -0.317 e. The SMILES string of the molecule is CCCCCCCCNCC.CCOS(=O)(=O)O. The molecule has 0 heterocycles. The lowest BCUT2D eigenvalue weighted by atomic mass is 10.1. The normalized spacial score (nSPS) is 10.9. The summed E-state index contributed by atoms with van der Waals surface area (Å²) >= 11 is 0. The van der Waals surface area contributed by atoms with E-state index in [-0.39, 0.29) is 6.61 Å². The Bertz CT molecular complexity index is 234. The molecule has 0 atom stereocenters.